The van der Waals surface area contributed by atoms with Crippen LogP contribution in [0.25, 0.3) is 0 Å². The minimum absolute atomic E-state index is 0.0630. The summed E-state index contributed by atoms with van der Waals surface area (Å²) in [5, 5.41) is 5.18. The smallest absolute Gasteiger partial charge is 0.261 e. The van der Waals surface area contributed by atoms with Crippen molar-refractivity contribution >= 4 is 30.3 Å². The molecule has 360 valence electrons. The Morgan fingerprint density at radius 3 is 0.969 bits per heavy atom. The quantitative estimate of drug-likeness (QED) is 0.0615. The van der Waals surface area contributed by atoms with E-state index in [-0.39, 0.29) is 10.9 Å². The zero-order valence-electron chi connectivity index (χ0n) is 38.8. The van der Waals surface area contributed by atoms with Gasteiger partial charge < -0.3 is 66.6 Å². The van der Waals surface area contributed by atoms with Gasteiger partial charge in [0.2, 0.25) is 5.91 Å². The van der Waals surface area contributed by atoms with Gasteiger partial charge in [-0.1, -0.05) is 81.4 Å². The summed E-state index contributed by atoms with van der Waals surface area (Å²) in [7, 11) is -2.55. The molecule has 1 N–H and O–H groups in total. The van der Waals surface area contributed by atoms with Gasteiger partial charge in [0.05, 0.1) is 152 Å². The van der Waals surface area contributed by atoms with Gasteiger partial charge in [-0.2, -0.15) is 0 Å². The summed E-state index contributed by atoms with van der Waals surface area (Å²) in [4.78, 5) is 11.1. The second kappa shape index (κ2) is 35.9. The summed E-state index contributed by atoms with van der Waals surface area (Å²) in [5.74, 6) is 0.605. The SMILES string of the molecule is CC(=O)Nc1ccc(OCCOCCOCCOCCOCCOCCOCCOCCOCCOCCOCCOCCO[Si](c2ccccc2)(c2ccccc2)C(C)(C)C)cc1. The molecule has 0 unspecified atom stereocenters. The van der Waals surface area contributed by atoms with Crippen molar-refractivity contribution in [2.75, 3.05) is 164 Å². The molecule has 0 aliphatic heterocycles. The van der Waals surface area contributed by atoms with Gasteiger partial charge >= 0.3 is 0 Å². The van der Waals surface area contributed by atoms with Crippen molar-refractivity contribution in [3.63, 3.8) is 0 Å². The van der Waals surface area contributed by atoms with Crippen molar-refractivity contribution < 1.29 is 66.1 Å². The zero-order valence-corrected chi connectivity index (χ0v) is 39.8. The number of hydrogen-bond acceptors (Lipinski definition) is 14. The Morgan fingerprint density at radius 2 is 0.688 bits per heavy atom. The van der Waals surface area contributed by atoms with Gasteiger partial charge in [0, 0.05) is 12.6 Å². The molecule has 1 amide bonds. The van der Waals surface area contributed by atoms with E-state index in [0.717, 1.165) is 5.69 Å². The number of nitrogens with one attached hydrogen (secondary N) is 1. The maximum atomic E-state index is 11.1. The topological polar surface area (TPSA) is 149 Å². The van der Waals surface area contributed by atoms with E-state index in [1.54, 1.807) is 24.3 Å². The van der Waals surface area contributed by atoms with Gasteiger partial charge in [-0.3, -0.25) is 4.79 Å². The van der Waals surface area contributed by atoms with Crippen molar-refractivity contribution in [3.05, 3.63) is 84.9 Å². The van der Waals surface area contributed by atoms with E-state index in [0.29, 0.717) is 164 Å². The van der Waals surface area contributed by atoms with E-state index in [9.17, 15) is 4.79 Å². The van der Waals surface area contributed by atoms with Crippen LogP contribution in [-0.4, -0.2) is 173 Å². The van der Waals surface area contributed by atoms with E-state index in [2.05, 4.69) is 86.8 Å². The van der Waals surface area contributed by atoms with E-state index < -0.39 is 8.32 Å². The fourth-order valence-electron chi connectivity index (χ4n) is 6.37. The molecule has 3 rings (SSSR count). The first-order chi connectivity index (χ1) is 31.3. The third kappa shape index (κ3) is 24.8. The molecule has 64 heavy (non-hydrogen) atoms. The summed E-state index contributed by atoms with van der Waals surface area (Å²) in [5.41, 5.74) is 0.730. The number of rotatable bonds is 41. The lowest BCUT2D eigenvalue weighted by Gasteiger charge is -2.43. The number of benzene rings is 3. The molecular weight excluding hydrogens is 843 g/mol. The first kappa shape index (κ1) is 55.0. The minimum Gasteiger partial charge on any atom is -0.491 e. The van der Waals surface area contributed by atoms with Gasteiger partial charge in [-0.15, -0.1) is 0 Å². The standard InChI is InChI=1S/C48H75NO14Si/c1-43(50)49-44-15-17-45(18-16-44)62-41-39-60-37-35-58-33-31-56-29-27-54-25-23-52-21-19-51-20-22-53-24-26-55-28-30-57-32-34-59-36-38-61-40-42-63-64(48(2,3)4,46-11-7-5-8-12-46)47-13-9-6-10-14-47/h5-18H,19-42H2,1-4H3,(H,49,50). The molecule has 15 nitrogen and oxygen atoms in total. The van der Waals surface area contributed by atoms with Crippen LogP contribution in [-0.2, 0) is 61.3 Å². The molecule has 0 aromatic heterocycles. The number of carbonyl (C=O) groups excluding carboxylic acids is 1. The predicted octanol–water partition coefficient (Wildman–Crippen LogP) is 4.78. The number of carbonyl (C=O) groups is 1. The van der Waals surface area contributed by atoms with Crippen LogP contribution in [0.2, 0.25) is 5.04 Å². The van der Waals surface area contributed by atoms with Crippen LogP contribution in [0, 0.1) is 0 Å². The fourth-order valence-corrected chi connectivity index (χ4v) is 10.9. The first-order valence-electron chi connectivity index (χ1n) is 22.4. The lowest BCUT2D eigenvalue weighted by Crippen LogP contribution is -2.66. The highest BCUT2D eigenvalue weighted by Crippen LogP contribution is 2.36. The molecule has 0 aliphatic rings. The predicted molar refractivity (Wildman–Crippen MR) is 249 cm³/mol. The van der Waals surface area contributed by atoms with E-state index in [1.807, 2.05) is 0 Å². The van der Waals surface area contributed by atoms with Crippen LogP contribution in [0.5, 0.6) is 5.75 Å². The Bertz CT molecular complexity index is 1500. The highest BCUT2D eigenvalue weighted by atomic mass is 28.4. The maximum absolute atomic E-state index is 11.1. The summed E-state index contributed by atoms with van der Waals surface area (Å²) in [6, 6.07) is 28.4. The van der Waals surface area contributed by atoms with Crippen LogP contribution >= 0.6 is 0 Å². The average Bonchev–Trinajstić information content (AvgIpc) is 3.29. The van der Waals surface area contributed by atoms with Gasteiger partial charge in [0.25, 0.3) is 8.32 Å². The monoisotopic (exact) mass is 917 g/mol. The van der Waals surface area contributed by atoms with Gasteiger partial charge in [0.15, 0.2) is 0 Å². The van der Waals surface area contributed by atoms with Crippen molar-refractivity contribution in [2.45, 2.75) is 32.7 Å². The second-order valence-electron chi connectivity index (χ2n) is 15.3. The largest absolute Gasteiger partial charge is 0.491 e. The number of amides is 1. The molecule has 3 aromatic rings. The Labute approximate surface area is 382 Å². The highest BCUT2D eigenvalue weighted by molar-refractivity contribution is 6.99. The zero-order chi connectivity index (χ0) is 45.7. The molecule has 0 atom stereocenters. The van der Waals surface area contributed by atoms with Gasteiger partial charge in [-0.05, 0) is 39.7 Å². The van der Waals surface area contributed by atoms with E-state index >= 15 is 0 Å². The van der Waals surface area contributed by atoms with E-state index in [4.69, 9.17) is 61.3 Å². The highest BCUT2D eigenvalue weighted by Gasteiger charge is 2.50. The molecule has 0 fully saturated rings. The first-order valence-corrected chi connectivity index (χ1v) is 24.3. The van der Waals surface area contributed by atoms with Crippen molar-refractivity contribution in [1.29, 1.82) is 0 Å². The second-order valence-corrected chi connectivity index (χ2v) is 19.6. The summed E-state index contributed by atoms with van der Waals surface area (Å²) < 4.78 is 73.8. The number of anilines is 1. The molecule has 0 saturated carbocycles. The van der Waals surface area contributed by atoms with E-state index in [1.165, 1.54) is 17.3 Å². The van der Waals surface area contributed by atoms with Crippen molar-refractivity contribution in [3.8, 4) is 5.75 Å². The van der Waals surface area contributed by atoms with Gasteiger partial charge in [0.1, 0.15) is 12.4 Å². The Kier molecular flexibility index (Phi) is 30.8. The molecule has 3 aromatic carbocycles. The molecule has 0 saturated heterocycles. The number of ether oxygens (including phenoxy) is 12. The lowest BCUT2D eigenvalue weighted by molar-refractivity contribution is -0.114. The Balaban J connectivity index is 0.970. The van der Waals surface area contributed by atoms with Crippen LogP contribution in [0.4, 0.5) is 5.69 Å². The molecule has 0 aliphatic carbocycles. The third-order valence-electron chi connectivity index (χ3n) is 9.35. The molecule has 0 heterocycles. The van der Waals surface area contributed by atoms with Crippen molar-refractivity contribution in [2.24, 2.45) is 0 Å². The van der Waals surface area contributed by atoms with Crippen LogP contribution in [0.3, 0.4) is 0 Å². The van der Waals surface area contributed by atoms with Crippen LogP contribution in [0.1, 0.15) is 27.7 Å². The Hall–Kier alpha value is -3.33. The molecule has 0 spiro atoms. The fraction of sp³-hybridized carbons (Fsp3) is 0.604. The van der Waals surface area contributed by atoms with Crippen LogP contribution in [0.15, 0.2) is 84.9 Å². The summed E-state index contributed by atoms with van der Waals surface area (Å²) >= 11 is 0. The average molecular weight is 918 g/mol. The summed E-state index contributed by atoms with van der Waals surface area (Å²) in [6.07, 6.45) is 0. The molecule has 16 heteroatoms. The lowest BCUT2D eigenvalue weighted by atomic mass is 10.2. The van der Waals surface area contributed by atoms with Gasteiger partial charge in [-0.25, -0.2) is 0 Å². The maximum Gasteiger partial charge on any atom is 0.261 e. The Morgan fingerprint density at radius 1 is 0.406 bits per heavy atom. The summed E-state index contributed by atoms with van der Waals surface area (Å²) in [6.45, 7) is 20.0. The molecule has 0 radical (unpaired) electrons. The van der Waals surface area contributed by atoms with Crippen LogP contribution < -0.4 is 20.4 Å². The number of hydrogen-bond donors (Lipinski definition) is 1. The minimum atomic E-state index is -2.55. The normalized spacial score (nSPS) is 11.9. The molecular formula is C48H75NO14Si. The molecule has 0 bridgehead atoms. The third-order valence-corrected chi connectivity index (χ3v) is 14.4. The van der Waals surface area contributed by atoms with Crippen molar-refractivity contribution in [1.82, 2.24) is 0 Å².